The normalized spacial score (nSPS) is 12.9. The van der Waals surface area contributed by atoms with Gasteiger partial charge in [0, 0.05) is 24.7 Å². The average molecular weight is 478 g/mol. The molecule has 0 saturated carbocycles. The molecule has 0 saturated heterocycles. The van der Waals surface area contributed by atoms with Gasteiger partial charge in [-0.3, -0.25) is 14.4 Å². The van der Waals surface area contributed by atoms with E-state index in [2.05, 4.69) is 10.6 Å². The molecule has 3 amide bonds. The third kappa shape index (κ3) is 6.20. The van der Waals surface area contributed by atoms with E-state index in [1.165, 1.54) is 17.2 Å². The number of nitrogens with one attached hydrogen (secondary N) is 2. The van der Waals surface area contributed by atoms with Gasteiger partial charge in [0.05, 0.1) is 12.8 Å². The first-order valence-corrected chi connectivity index (χ1v) is 11.4. The quantitative estimate of drug-likeness (QED) is 0.490. The summed E-state index contributed by atoms with van der Waals surface area (Å²) < 4.78 is 16.2. The highest BCUT2D eigenvalue weighted by Gasteiger charge is 2.28. The molecule has 9 heteroatoms. The smallest absolute Gasteiger partial charge is 0.287 e. The largest absolute Gasteiger partial charge is 0.486 e. The number of ether oxygens (including phenoxy) is 2. The average Bonchev–Trinajstić information content (AvgIpc) is 3.42. The lowest BCUT2D eigenvalue weighted by Gasteiger charge is -2.26. The Morgan fingerprint density at radius 2 is 1.74 bits per heavy atom. The van der Waals surface area contributed by atoms with E-state index in [1.54, 1.807) is 31.2 Å². The highest BCUT2D eigenvalue weighted by Crippen LogP contribution is 2.32. The fourth-order valence-corrected chi connectivity index (χ4v) is 3.75. The van der Waals surface area contributed by atoms with E-state index in [1.807, 2.05) is 30.3 Å². The van der Waals surface area contributed by atoms with Crippen LogP contribution >= 0.6 is 0 Å². The first kappa shape index (κ1) is 23.9. The molecule has 1 atom stereocenters. The monoisotopic (exact) mass is 477 g/mol. The second kappa shape index (κ2) is 11.2. The standard InChI is InChI=1S/C26H27N3O6/c1-2-29(17-24(30)27-19-10-11-21-23(16-19)35-14-13-34-21)26(32)20(15-18-7-4-3-5-8-18)28-25(31)22-9-6-12-33-22/h3-12,16,20H,2,13-15,17H2,1H3,(H,27,30)(H,28,31). The Morgan fingerprint density at radius 3 is 2.46 bits per heavy atom. The first-order chi connectivity index (χ1) is 17.0. The van der Waals surface area contributed by atoms with Gasteiger partial charge < -0.3 is 29.4 Å². The molecule has 1 aromatic heterocycles. The maximum Gasteiger partial charge on any atom is 0.287 e. The van der Waals surface area contributed by atoms with Crippen molar-refractivity contribution in [1.29, 1.82) is 0 Å². The Kier molecular flexibility index (Phi) is 7.67. The molecule has 2 aromatic carbocycles. The number of amides is 3. The predicted molar refractivity (Wildman–Crippen MR) is 128 cm³/mol. The van der Waals surface area contributed by atoms with Crippen molar-refractivity contribution in [2.45, 2.75) is 19.4 Å². The number of fused-ring (bicyclic) bond motifs is 1. The van der Waals surface area contributed by atoms with Crippen molar-refractivity contribution in [3.05, 3.63) is 78.3 Å². The maximum absolute atomic E-state index is 13.4. The fraction of sp³-hybridized carbons (Fsp3) is 0.269. The molecule has 9 nitrogen and oxygen atoms in total. The summed E-state index contributed by atoms with van der Waals surface area (Å²) in [6, 6.07) is 16.7. The highest BCUT2D eigenvalue weighted by atomic mass is 16.6. The van der Waals surface area contributed by atoms with Gasteiger partial charge in [0.2, 0.25) is 11.8 Å². The van der Waals surface area contributed by atoms with E-state index >= 15 is 0 Å². The van der Waals surface area contributed by atoms with Gasteiger partial charge in [-0.25, -0.2) is 0 Å². The summed E-state index contributed by atoms with van der Waals surface area (Å²) in [5.41, 5.74) is 1.41. The van der Waals surface area contributed by atoms with E-state index in [0.717, 1.165) is 5.56 Å². The van der Waals surface area contributed by atoms with Gasteiger partial charge in [-0.15, -0.1) is 0 Å². The summed E-state index contributed by atoms with van der Waals surface area (Å²) in [5.74, 6) is 0.0503. The van der Waals surface area contributed by atoms with Crippen molar-refractivity contribution < 1.29 is 28.3 Å². The zero-order chi connectivity index (χ0) is 24.6. The van der Waals surface area contributed by atoms with Crippen LogP contribution < -0.4 is 20.1 Å². The Bertz CT molecular complexity index is 1160. The molecule has 1 aliphatic rings. The molecule has 1 aliphatic heterocycles. The maximum atomic E-state index is 13.4. The molecule has 2 heterocycles. The second-order valence-electron chi connectivity index (χ2n) is 7.95. The molecule has 182 valence electrons. The topological polar surface area (TPSA) is 110 Å². The third-order valence-corrected chi connectivity index (χ3v) is 5.48. The Labute approximate surface area is 203 Å². The number of likely N-dealkylation sites (N-methyl/N-ethyl adjacent to an activating group) is 1. The minimum Gasteiger partial charge on any atom is -0.486 e. The minimum absolute atomic E-state index is 0.107. The molecule has 0 bridgehead atoms. The molecule has 1 unspecified atom stereocenters. The van der Waals surface area contributed by atoms with Crippen LogP contribution in [0.3, 0.4) is 0 Å². The summed E-state index contributed by atoms with van der Waals surface area (Å²) >= 11 is 0. The molecule has 0 aliphatic carbocycles. The minimum atomic E-state index is -0.878. The lowest BCUT2D eigenvalue weighted by atomic mass is 10.0. The number of furan rings is 1. The predicted octanol–water partition coefficient (Wildman–Crippen LogP) is 2.88. The Balaban J connectivity index is 1.44. The number of hydrogen-bond donors (Lipinski definition) is 2. The SMILES string of the molecule is CCN(CC(=O)Nc1ccc2c(c1)OCCO2)C(=O)C(Cc1ccccc1)NC(=O)c1ccco1. The van der Waals surface area contributed by atoms with Gasteiger partial charge >= 0.3 is 0 Å². The molecule has 2 N–H and O–H groups in total. The first-order valence-electron chi connectivity index (χ1n) is 11.4. The zero-order valence-electron chi connectivity index (χ0n) is 19.4. The van der Waals surface area contributed by atoms with Crippen LogP contribution in [0.2, 0.25) is 0 Å². The van der Waals surface area contributed by atoms with E-state index in [4.69, 9.17) is 13.9 Å². The number of anilines is 1. The van der Waals surface area contributed by atoms with E-state index in [0.29, 0.717) is 30.4 Å². The molecular weight excluding hydrogens is 450 g/mol. The van der Waals surface area contributed by atoms with Gasteiger partial charge in [0.1, 0.15) is 19.3 Å². The lowest BCUT2D eigenvalue weighted by Crippen LogP contribution is -2.51. The number of carbonyl (C=O) groups is 3. The molecule has 0 spiro atoms. The molecule has 3 aromatic rings. The second-order valence-corrected chi connectivity index (χ2v) is 7.95. The molecule has 4 rings (SSSR count). The third-order valence-electron chi connectivity index (χ3n) is 5.48. The van der Waals surface area contributed by atoms with Crippen molar-refractivity contribution in [2.24, 2.45) is 0 Å². The van der Waals surface area contributed by atoms with Crippen LogP contribution in [0.15, 0.2) is 71.3 Å². The summed E-state index contributed by atoms with van der Waals surface area (Å²) in [5, 5.41) is 5.55. The molecule has 0 radical (unpaired) electrons. The van der Waals surface area contributed by atoms with Crippen molar-refractivity contribution in [2.75, 3.05) is 31.6 Å². The summed E-state index contributed by atoms with van der Waals surface area (Å²) in [7, 11) is 0. The van der Waals surface area contributed by atoms with Crippen LogP contribution in [0, 0.1) is 0 Å². The van der Waals surface area contributed by atoms with E-state index in [-0.39, 0.29) is 37.1 Å². The number of carbonyl (C=O) groups excluding carboxylic acids is 3. The molecule has 0 fully saturated rings. The summed E-state index contributed by atoms with van der Waals surface area (Å²) in [6.07, 6.45) is 1.66. The number of hydrogen-bond acceptors (Lipinski definition) is 6. The van der Waals surface area contributed by atoms with E-state index in [9.17, 15) is 14.4 Å². The van der Waals surface area contributed by atoms with Crippen LogP contribution in [0.4, 0.5) is 5.69 Å². The number of benzene rings is 2. The van der Waals surface area contributed by atoms with Gasteiger partial charge in [0.25, 0.3) is 5.91 Å². The van der Waals surface area contributed by atoms with Crippen LogP contribution in [-0.4, -0.2) is 55.0 Å². The Morgan fingerprint density at radius 1 is 0.971 bits per heavy atom. The number of nitrogens with zero attached hydrogens (tertiary/aromatic N) is 1. The molecular formula is C26H27N3O6. The summed E-state index contributed by atoms with van der Waals surface area (Å²) in [4.78, 5) is 40.2. The van der Waals surface area contributed by atoms with Crippen molar-refractivity contribution in [3.8, 4) is 11.5 Å². The summed E-state index contributed by atoms with van der Waals surface area (Å²) in [6.45, 7) is 2.81. The lowest BCUT2D eigenvalue weighted by molar-refractivity contribution is -0.136. The zero-order valence-corrected chi connectivity index (χ0v) is 19.4. The van der Waals surface area contributed by atoms with Crippen LogP contribution in [0.5, 0.6) is 11.5 Å². The Hall–Kier alpha value is -4.27. The fourth-order valence-electron chi connectivity index (χ4n) is 3.75. The molecule has 35 heavy (non-hydrogen) atoms. The van der Waals surface area contributed by atoms with Crippen molar-refractivity contribution in [3.63, 3.8) is 0 Å². The highest BCUT2D eigenvalue weighted by molar-refractivity contribution is 5.98. The van der Waals surface area contributed by atoms with Gasteiger partial charge in [0.15, 0.2) is 17.3 Å². The van der Waals surface area contributed by atoms with Gasteiger partial charge in [-0.05, 0) is 36.8 Å². The number of rotatable bonds is 9. The van der Waals surface area contributed by atoms with Crippen LogP contribution in [0.25, 0.3) is 0 Å². The van der Waals surface area contributed by atoms with Crippen LogP contribution in [0.1, 0.15) is 23.0 Å². The van der Waals surface area contributed by atoms with Gasteiger partial charge in [-0.2, -0.15) is 0 Å². The van der Waals surface area contributed by atoms with Crippen LogP contribution in [-0.2, 0) is 16.0 Å². The van der Waals surface area contributed by atoms with E-state index < -0.39 is 11.9 Å². The van der Waals surface area contributed by atoms with Gasteiger partial charge in [-0.1, -0.05) is 30.3 Å². The van der Waals surface area contributed by atoms with Crippen molar-refractivity contribution >= 4 is 23.4 Å². The van der Waals surface area contributed by atoms with Crippen molar-refractivity contribution in [1.82, 2.24) is 10.2 Å².